The summed E-state index contributed by atoms with van der Waals surface area (Å²) in [5, 5.41) is 2.68. The zero-order valence-electron chi connectivity index (χ0n) is 15.3. The summed E-state index contributed by atoms with van der Waals surface area (Å²) < 4.78 is 0. The molecule has 0 spiro atoms. The minimum absolute atomic E-state index is 0. The minimum Gasteiger partial charge on any atom is -0.398 e. The SMILES string of the molecule is Cl.Nc1ccccc1C(=O)NCC(=O)N1CCC(Cc2ccccc2)CC1. The summed E-state index contributed by atoms with van der Waals surface area (Å²) in [5.41, 5.74) is 7.97. The number of benzene rings is 2. The first kappa shape index (κ1) is 20.8. The normalized spacial score (nSPS) is 14.3. The third-order valence-corrected chi connectivity index (χ3v) is 4.94. The van der Waals surface area contributed by atoms with Crippen molar-refractivity contribution in [3.63, 3.8) is 0 Å². The molecule has 0 saturated carbocycles. The molecule has 0 bridgehead atoms. The van der Waals surface area contributed by atoms with Crippen LogP contribution >= 0.6 is 12.4 Å². The molecule has 3 N–H and O–H groups in total. The van der Waals surface area contributed by atoms with Gasteiger partial charge in [-0.3, -0.25) is 9.59 Å². The lowest BCUT2D eigenvalue weighted by Gasteiger charge is -2.32. The molecule has 0 atom stereocenters. The van der Waals surface area contributed by atoms with E-state index in [0.29, 0.717) is 17.2 Å². The highest BCUT2D eigenvalue weighted by molar-refractivity contribution is 6.00. The fourth-order valence-electron chi connectivity index (χ4n) is 3.40. The van der Waals surface area contributed by atoms with Crippen molar-refractivity contribution < 1.29 is 9.59 Å². The van der Waals surface area contributed by atoms with Crippen molar-refractivity contribution in [3.05, 3.63) is 65.7 Å². The van der Waals surface area contributed by atoms with Crippen LogP contribution < -0.4 is 11.1 Å². The van der Waals surface area contributed by atoms with Crippen LogP contribution in [-0.2, 0) is 11.2 Å². The van der Waals surface area contributed by atoms with Crippen molar-refractivity contribution in [3.8, 4) is 0 Å². The number of anilines is 1. The van der Waals surface area contributed by atoms with E-state index in [-0.39, 0.29) is 30.8 Å². The van der Waals surface area contributed by atoms with Crippen LogP contribution in [0.5, 0.6) is 0 Å². The van der Waals surface area contributed by atoms with Gasteiger partial charge in [0.2, 0.25) is 5.91 Å². The average molecular weight is 388 g/mol. The summed E-state index contributed by atoms with van der Waals surface area (Å²) in [6, 6.07) is 17.3. The number of nitrogens with two attached hydrogens (primary N) is 1. The van der Waals surface area contributed by atoms with E-state index in [2.05, 4.69) is 29.6 Å². The largest absolute Gasteiger partial charge is 0.398 e. The number of piperidine rings is 1. The van der Waals surface area contributed by atoms with Gasteiger partial charge >= 0.3 is 0 Å². The van der Waals surface area contributed by atoms with Gasteiger partial charge in [-0.2, -0.15) is 0 Å². The highest BCUT2D eigenvalue weighted by atomic mass is 35.5. The van der Waals surface area contributed by atoms with Gasteiger partial charge in [0.1, 0.15) is 0 Å². The maximum absolute atomic E-state index is 12.4. The molecule has 1 aliphatic heterocycles. The monoisotopic (exact) mass is 387 g/mol. The molecule has 2 aromatic carbocycles. The van der Waals surface area contributed by atoms with Crippen molar-refractivity contribution in [1.29, 1.82) is 0 Å². The Morgan fingerprint density at radius 2 is 1.63 bits per heavy atom. The predicted molar refractivity (Wildman–Crippen MR) is 110 cm³/mol. The van der Waals surface area contributed by atoms with Crippen LogP contribution in [0.4, 0.5) is 5.69 Å². The number of para-hydroxylation sites is 1. The molecule has 0 radical (unpaired) electrons. The molecule has 1 heterocycles. The summed E-state index contributed by atoms with van der Waals surface area (Å²) in [7, 11) is 0. The van der Waals surface area contributed by atoms with E-state index in [1.165, 1.54) is 5.56 Å². The zero-order chi connectivity index (χ0) is 18.4. The molecule has 27 heavy (non-hydrogen) atoms. The number of nitrogen functional groups attached to an aromatic ring is 1. The molecule has 5 nitrogen and oxygen atoms in total. The van der Waals surface area contributed by atoms with E-state index in [4.69, 9.17) is 5.73 Å². The predicted octanol–water partition coefficient (Wildman–Crippen LogP) is 2.90. The van der Waals surface area contributed by atoms with Gasteiger partial charge in [0.05, 0.1) is 12.1 Å². The molecular formula is C21H26ClN3O2. The van der Waals surface area contributed by atoms with Crippen molar-refractivity contribution in [2.75, 3.05) is 25.4 Å². The Kier molecular flexibility index (Phi) is 7.67. The molecule has 1 fully saturated rings. The summed E-state index contributed by atoms with van der Waals surface area (Å²) in [5.74, 6) is 0.265. The molecule has 0 unspecified atom stereocenters. The van der Waals surface area contributed by atoms with Gasteiger partial charge in [-0.25, -0.2) is 0 Å². The lowest BCUT2D eigenvalue weighted by molar-refractivity contribution is -0.131. The molecule has 1 saturated heterocycles. The number of nitrogens with one attached hydrogen (secondary N) is 1. The Hall–Kier alpha value is -2.53. The first-order valence-electron chi connectivity index (χ1n) is 9.08. The van der Waals surface area contributed by atoms with Crippen LogP contribution in [0.25, 0.3) is 0 Å². The molecule has 6 heteroatoms. The third kappa shape index (κ3) is 5.73. The van der Waals surface area contributed by atoms with Crippen molar-refractivity contribution in [2.45, 2.75) is 19.3 Å². The number of rotatable bonds is 5. The number of amides is 2. The maximum atomic E-state index is 12.4. The summed E-state index contributed by atoms with van der Waals surface area (Å²) in [6.07, 6.45) is 3.06. The van der Waals surface area contributed by atoms with E-state index < -0.39 is 0 Å². The van der Waals surface area contributed by atoms with Gasteiger partial charge in [0, 0.05) is 18.8 Å². The Morgan fingerprint density at radius 3 is 2.30 bits per heavy atom. The molecule has 144 valence electrons. The quantitative estimate of drug-likeness (QED) is 0.774. The van der Waals surface area contributed by atoms with Crippen LogP contribution in [0, 0.1) is 5.92 Å². The average Bonchev–Trinajstić information content (AvgIpc) is 2.67. The zero-order valence-corrected chi connectivity index (χ0v) is 16.1. The van der Waals surface area contributed by atoms with E-state index >= 15 is 0 Å². The van der Waals surface area contributed by atoms with Gasteiger partial charge in [-0.1, -0.05) is 42.5 Å². The minimum atomic E-state index is -0.310. The van der Waals surface area contributed by atoms with Crippen LogP contribution in [0.15, 0.2) is 54.6 Å². The van der Waals surface area contributed by atoms with E-state index in [1.54, 1.807) is 24.3 Å². The second-order valence-corrected chi connectivity index (χ2v) is 6.78. The van der Waals surface area contributed by atoms with Crippen LogP contribution in [0.2, 0.25) is 0 Å². The maximum Gasteiger partial charge on any atom is 0.253 e. The highest BCUT2D eigenvalue weighted by Gasteiger charge is 2.23. The summed E-state index contributed by atoms with van der Waals surface area (Å²) in [6.45, 7) is 1.51. The van der Waals surface area contributed by atoms with Gasteiger partial charge in [0.25, 0.3) is 5.91 Å². The lowest BCUT2D eigenvalue weighted by atomic mass is 9.90. The number of likely N-dealkylation sites (tertiary alicyclic amines) is 1. The number of nitrogens with zero attached hydrogens (tertiary/aromatic N) is 1. The fraction of sp³-hybridized carbons (Fsp3) is 0.333. The first-order chi connectivity index (χ1) is 12.6. The standard InChI is InChI=1S/C21H25N3O2.ClH/c22-19-9-5-4-8-18(19)21(26)23-15-20(25)24-12-10-17(11-13-24)14-16-6-2-1-3-7-16;/h1-9,17H,10-15,22H2,(H,23,26);1H. The fourth-order valence-corrected chi connectivity index (χ4v) is 3.40. The molecule has 2 amide bonds. The molecule has 1 aliphatic rings. The summed E-state index contributed by atoms with van der Waals surface area (Å²) in [4.78, 5) is 26.4. The Morgan fingerprint density at radius 1 is 1.00 bits per heavy atom. The molecule has 2 aromatic rings. The van der Waals surface area contributed by atoms with E-state index in [0.717, 1.165) is 32.4 Å². The number of hydrogen-bond donors (Lipinski definition) is 2. The second-order valence-electron chi connectivity index (χ2n) is 6.78. The van der Waals surface area contributed by atoms with Crippen molar-refractivity contribution in [2.24, 2.45) is 5.92 Å². The van der Waals surface area contributed by atoms with Gasteiger partial charge < -0.3 is 16.0 Å². The van der Waals surface area contributed by atoms with Crippen LogP contribution in [0.1, 0.15) is 28.8 Å². The number of hydrogen-bond acceptors (Lipinski definition) is 3. The lowest BCUT2D eigenvalue weighted by Crippen LogP contribution is -2.44. The second kappa shape index (κ2) is 9.97. The Balaban J connectivity index is 0.00000261. The molecule has 0 aliphatic carbocycles. The van der Waals surface area contributed by atoms with Gasteiger partial charge in [0.15, 0.2) is 0 Å². The number of halogens is 1. The Bertz CT molecular complexity index is 759. The van der Waals surface area contributed by atoms with Crippen LogP contribution in [0.3, 0.4) is 0 Å². The first-order valence-corrected chi connectivity index (χ1v) is 9.08. The topological polar surface area (TPSA) is 75.4 Å². The van der Waals surface area contributed by atoms with Crippen molar-refractivity contribution >= 4 is 29.9 Å². The number of carbonyl (C=O) groups is 2. The smallest absolute Gasteiger partial charge is 0.253 e. The van der Waals surface area contributed by atoms with Gasteiger partial charge in [-0.05, 0) is 42.9 Å². The van der Waals surface area contributed by atoms with Gasteiger partial charge in [-0.15, -0.1) is 12.4 Å². The molecule has 3 rings (SSSR count). The highest BCUT2D eigenvalue weighted by Crippen LogP contribution is 2.21. The van der Waals surface area contributed by atoms with E-state index in [9.17, 15) is 9.59 Å². The van der Waals surface area contributed by atoms with Crippen LogP contribution in [-0.4, -0.2) is 36.3 Å². The summed E-state index contributed by atoms with van der Waals surface area (Å²) >= 11 is 0. The number of carbonyl (C=O) groups excluding carboxylic acids is 2. The van der Waals surface area contributed by atoms with E-state index in [1.807, 2.05) is 11.0 Å². The van der Waals surface area contributed by atoms with Crippen molar-refractivity contribution in [1.82, 2.24) is 10.2 Å². The Labute approximate surface area is 166 Å². The third-order valence-electron chi connectivity index (χ3n) is 4.94. The molecular weight excluding hydrogens is 362 g/mol. The molecule has 0 aromatic heterocycles.